The smallest absolute Gasteiger partial charge is 0.234 e. The third-order valence-electron chi connectivity index (χ3n) is 3.67. The fourth-order valence-electron chi connectivity index (χ4n) is 2.48. The van der Waals surface area contributed by atoms with Gasteiger partial charge in [-0.25, -0.2) is 0 Å². The average Bonchev–Trinajstić information content (AvgIpc) is 3.19. The van der Waals surface area contributed by atoms with Crippen LogP contribution in [-0.2, 0) is 6.42 Å². The second-order valence-corrected chi connectivity index (χ2v) is 6.61. The van der Waals surface area contributed by atoms with Crippen LogP contribution in [0.25, 0.3) is 15.5 Å². The summed E-state index contributed by atoms with van der Waals surface area (Å²) in [6.45, 7) is 0. The van der Waals surface area contributed by atoms with Crippen LogP contribution in [0.15, 0.2) is 48.5 Å². The number of halogens is 1. The Hall–Kier alpha value is -2.44. The van der Waals surface area contributed by atoms with Crippen LogP contribution in [0.1, 0.15) is 11.4 Å². The van der Waals surface area contributed by atoms with Gasteiger partial charge in [-0.15, -0.1) is 10.2 Å². The molecule has 0 saturated carbocycles. The van der Waals surface area contributed by atoms with Crippen LogP contribution >= 0.6 is 22.9 Å². The van der Waals surface area contributed by atoms with Gasteiger partial charge in [0.2, 0.25) is 4.96 Å². The zero-order chi connectivity index (χ0) is 16.5. The number of nitrogens with zero attached hydrogens (tertiary/aromatic N) is 4. The number of fused-ring (bicyclic) bond motifs is 1. The van der Waals surface area contributed by atoms with Gasteiger partial charge in [-0.2, -0.15) is 9.61 Å². The van der Waals surface area contributed by atoms with Crippen molar-refractivity contribution < 1.29 is 4.74 Å². The van der Waals surface area contributed by atoms with Gasteiger partial charge in [0.15, 0.2) is 10.8 Å². The molecule has 0 unspecified atom stereocenters. The summed E-state index contributed by atoms with van der Waals surface area (Å²) < 4.78 is 7.21. The first-order valence-electron chi connectivity index (χ1n) is 7.33. The van der Waals surface area contributed by atoms with E-state index in [9.17, 15) is 0 Å². The standard InChI is InChI=1S/C17H13ClN4OS/c1-23-14-5-3-2-4-13(14)16-21-22-15(19-20-17(22)24-16)10-11-6-8-12(18)9-7-11/h2-9H,10H2,1H3. The lowest BCUT2D eigenvalue weighted by Gasteiger charge is -2.04. The van der Waals surface area contributed by atoms with E-state index in [4.69, 9.17) is 16.3 Å². The highest BCUT2D eigenvalue weighted by Gasteiger charge is 2.15. The van der Waals surface area contributed by atoms with E-state index in [1.807, 2.05) is 48.5 Å². The molecule has 0 aliphatic heterocycles. The molecule has 0 bridgehead atoms. The second kappa shape index (κ2) is 6.22. The van der Waals surface area contributed by atoms with Gasteiger partial charge in [0.25, 0.3) is 0 Å². The van der Waals surface area contributed by atoms with Crippen molar-refractivity contribution >= 4 is 27.9 Å². The Morgan fingerprint density at radius 2 is 1.88 bits per heavy atom. The third-order valence-corrected chi connectivity index (χ3v) is 4.85. The molecule has 4 aromatic rings. The molecule has 0 saturated heterocycles. The predicted molar refractivity (Wildman–Crippen MR) is 94.9 cm³/mol. The number of hydrogen-bond acceptors (Lipinski definition) is 5. The van der Waals surface area contributed by atoms with E-state index >= 15 is 0 Å². The normalized spacial score (nSPS) is 11.1. The van der Waals surface area contributed by atoms with Crippen LogP contribution in [0.5, 0.6) is 5.75 Å². The minimum atomic E-state index is 0.646. The Balaban J connectivity index is 1.72. The molecule has 4 rings (SSSR count). The van der Waals surface area contributed by atoms with Crippen molar-refractivity contribution in [2.24, 2.45) is 0 Å². The molecule has 7 heteroatoms. The first kappa shape index (κ1) is 15.1. The van der Waals surface area contributed by atoms with Crippen LogP contribution in [0, 0.1) is 0 Å². The maximum atomic E-state index is 5.93. The molecule has 0 atom stereocenters. The fourth-order valence-corrected chi connectivity index (χ4v) is 3.50. The highest BCUT2D eigenvalue weighted by Crippen LogP contribution is 2.32. The zero-order valence-electron chi connectivity index (χ0n) is 12.8. The lowest BCUT2D eigenvalue weighted by atomic mass is 10.1. The number of ether oxygens (including phenoxy) is 1. The van der Waals surface area contributed by atoms with Crippen molar-refractivity contribution in [1.82, 2.24) is 19.8 Å². The van der Waals surface area contributed by atoms with Gasteiger partial charge in [0.05, 0.1) is 12.7 Å². The maximum Gasteiger partial charge on any atom is 0.234 e. The minimum Gasteiger partial charge on any atom is -0.496 e. The van der Waals surface area contributed by atoms with E-state index in [1.54, 1.807) is 11.6 Å². The molecule has 0 amide bonds. The van der Waals surface area contributed by atoms with E-state index in [1.165, 1.54) is 11.3 Å². The Morgan fingerprint density at radius 3 is 2.67 bits per heavy atom. The summed E-state index contributed by atoms with van der Waals surface area (Å²) in [5.41, 5.74) is 2.06. The van der Waals surface area contributed by atoms with E-state index in [0.29, 0.717) is 6.42 Å². The summed E-state index contributed by atoms with van der Waals surface area (Å²) in [4.78, 5) is 0.764. The van der Waals surface area contributed by atoms with Gasteiger partial charge in [0, 0.05) is 11.4 Å². The van der Waals surface area contributed by atoms with Crippen molar-refractivity contribution in [3.8, 4) is 16.3 Å². The summed E-state index contributed by atoms with van der Waals surface area (Å²) in [5.74, 6) is 1.59. The Morgan fingerprint density at radius 1 is 1.08 bits per heavy atom. The number of para-hydroxylation sites is 1. The number of methoxy groups -OCH3 is 1. The molecule has 2 heterocycles. The van der Waals surface area contributed by atoms with Crippen molar-refractivity contribution in [3.05, 3.63) is 64.9 Å². The van der Waals surface area contributed by atoms with Crippen LogP contribution in [0.3, 0.4) is 0 Å². The minimum absolute atomic E-state index is 0.646. The molecule has 0 N–H and O–H groups in total. The Kier molecular flexibility index (Phi) is 3.92. The van der Waals surface area contributed by atoms with Crippen molar-refractivity contribution in [2.45, 2.75) is 6.42 Å². The van der Waals surface area contributed by atoms with Crippen LogP contribution in [0.4, 0.5) is 0 Å². The first-order valence-corrected chi connectivity index (χ1v) is 8.53. The number of hydrogen-bond donors (Lipinski definition) is 0. The van der Waals surface area contributed by atoms with Crippen molar-refractivity contribution in [3.63, 3.8) is 0 Å². The van der Waals surface area contributed by atoms with Gasteiger partial charge in [-0.3, -0.25) is 0 Å². The zero-order valence-corrected chi connectivity index (χ0v) is 14.4. The topological polar surface area (TPSA) is 52.3 Å². The summed E-state index contributed by atoms with van der Waals surface area (Å²) in [5, 5.41) is 14.7. The average molecular weight is 357 g/mol. The Bertz CT molecular complexity index is 993. The van der Waals surface area contributed by atoms with Crippen LogP contribution in [0.2, 0.25) is 5.02 Å². The van der Waals surface area contributed by atoms with Gasteiger partial charge < -0.3 is 4.74 Å². The number of benzene rings is 2. The summed E-state index contributed by atoms with van der Waals surface area (Å²) in [7, 11) is 1.66. The molecule has 120 valence electrons. The maximum absolute atomic E-state index is 5.93. The lowest BCUT2D eigenvalue weighted by molar-refractivity contribution is 0.416. The predicted octanol–water partition coefficient (Wildman–Crippen LogP) is 4.11. The summed E-state index contributed by atoms with van der Waals surface area (Å²) >= 11 is 7.42. The molecule has 0 aliphatic carbocycles. The molecule has 2 aromatic heterocycles. The van der Waals surface area contributed by atoms with E-state index in [2.05, 4.69) is 15.3 Å². The lowest BCUT2D eigenvalue weighted by Crippen LogP contribution is -1.98. The summed E-state index contributed by atoms with van der Waals surface area (Å²) in [6.07, 6.45) is 0.646. The van der Waals surface area contributed by atoms with Gasteiger partial charge in [-0.05, 0) is 29.8 Å². The van der Waals surface area contributed by atoms with E-state index in [-0.39, 0.29) is 0 Å². The van der Waals surface area contributed by atoms with Crippen molar-refractivity contribution in [1.29, 1.82) is 0 Å². The third kappa shape index (κ3) is 2.74. The van der Waals surface area contributed by atoms with Crippen LogP contribution < -0.4 is 4.74 Å². The Labute approximate surface area is 147 Å². The highest BCUT2D eigenvalue weighted by atomic mass is 35.5. The largest absolute Gasteiger partial charge is 0.496 e. The van der Waals surface area contributed by atoms with Gasteiger partial charge >= 0.3 is 0 Å². The summed E-state index contributed by atoms with van der Waals surface area (Å²) in [6, 6.07) is 15.5. The number of aromatic nitrogens is 4. The first-order chi connectivity index (χ1) is 11.7. The van der Waals surface area contributed by atoms with Crippen LogP contribution in [-0.4, -0.2) is 26.9 Å². The SMILES string of the molecule is COc1ccccc1-c1nn2c(Cc3ccc(Cl)cc3)nnc2s1. The fraction of sp³-hybridized carbons (Fsp3) is 0.118. The van der Waals surface area contributed by atoms with Gasteiger partial charge in [-0.1, -0.05) is 47.2 Å². The molecular weight excluding hydrogens is 344 g/mol. The second-order valence-electron chi connectivity index (χ2n) is 5.22. The van der Waals surface area contributed by atoms with Gasteiger partial charge in [0.1, 0.15) is 5.75 Å². The quantitative estimate of drug-likeness (QED) is 0.552. The molecule has 0 spiro atoms. The molecule has 5 nitrogen and oxygen atoms in total. The van der Waals surface area contributed by atoms with Crippen molar-refractivity contribution in [2.75, 3.05) is 7.11 Å². The molecular formula is C17H13ClN4OS. The molecule has 0 radical (unpaired) electrons. The molecule has 2 aromatic carbocycles. The molecule has 0 aliphatic rings. The number of rotatable bonds is 4. The van der Waals surface area contributed by atoms with E-state index in [0.717, 1.165) is 37.7 Å². The molecule has 24 heavy (non-hydrogen) atoms. The van der Waals surface area contributed by atoms with E-state index < -0.39 is 0 Å². The monoisotopic (exact) mass is 356 g/mol. The highest BCUT2D eigenvalue weighted by molar-refractivity contribution is 7.19. The molecule has 0 fully saturated rings.